The summed E-state index contributed by atoms with van der Waals surface area (Å²) in [7, 11) is 3.13. The number of amides is 1. The zero-order valence-corrected chi connectivity index (χ0v) is 26.4. The molecule has 0 fully saturated rings. The Morgan fingerprint density at radius 3 is 2.45 bits per heavy atom. The topological polar surface area (TPSA) is 120 Å². The molecular formula is C32H23Br2N3O7. The van der Waals surface area contributed by atoms with E-state index >= 15 is 0 Å². The number of rotatable bonds is 8. The normalized spacial score (nSPS) is 12.0. The first-order valence-electron chi connectivity index (χ1n) is 13.1. The number of aromatic amines is 1. The predicted octanol–water partition coefficient (Wildman–Crippen LogP) is 7.09. The Labute approximate surface area is 268 Å². The van der Waals surface area contributed by atoms with Crippen LogP contribution in [0.2, 0.25) is 0 Å². The molecule has 5 aromatic rings. The molecule has 2 heterocycles. The van der Waals surface area contributed by atoms with Crippen LogP contribution in [0.15, 0.2) is 86.8 Å². The fourth-order valence-corrected chi connectivity index (χ4v) is 6.17. The lowest BCUT2D eigenvalue weighted by Gasteiger charge is -2.11. The Morgan fingerprint density at radius 1 is 0.932 bits per heavy atom. The number of nitrogens with zero attached hydrogens (tertiary/aromatic N) is 1. The van der Waals surface area contributed by atoms with E-state index in [4.69, 9.17) is 23.7 Å². The van der Waals surface area contributed by atoms with E-state index in [0.717, 1.165) is 5.56 Å². The summed E-state index contributed by atoms with van der Waals surface area (Å²) in [5.74, 6) is 1.23. The second-order valence-electron chi connectivity index (χ2n) is 9.42. The molecule has 0 radical (unpaired) electrons. The first kappa shape index (κ1) is 29.3. The lowest BCUT2D eigenvalue weighted by molar-refractivity contribution is 0.0732. The minimum atomic E-state index is -0.613. The summed E-state index contributed by atoms with van der Waals surface area (Å²) in [6.45, 7) is 0.0882. The second kappa shape index (κ2) is 12.4. The highest BCUT2D eigenvalue weighted by atomic mass is 79.9. The number of methoxy groups -OCH3 is 2. The number of nitrogens with one attached hydrogen (secondary N) is 2. The van der Waals surface area contributed by atoms with E-state index < -0.39 is 11.9 Å². The van der Waals surface area contributed by atoms with E-state index in [1.165, 1.54) is 6.21 Å². The number of benzene rings is 4. The maximum atomic E-state index is 13.6. The lowest BCUT2D eigenvalue weighted by Crippen LogP contribution is -2.19. The van der Waals surface area contributed by atoms with Crippen molar-refractivity contribution in [2.24, 2.45) is 5.10 Å². The minimum Gasteiger partial charge on any atom is -0.496 e. The third kappa shape index (κ3) is 5.61. The van der Waals surface area contributed by atoms with Gasteiger partial charge >= 0.3 is 5.97 Å². The summed E-state index contributed by atoms with van der Waals surface area (Å²) in [6, 6.07) is 21.3. The number of fused-ring (bicyclic) bond motifs is 2. The molecule has 0 spiro atoms. The maximum absolute atomic E-state index is 13.6. The SMILES string of the molecule is COc1ccc(OC)c2c(-c3ccccc3)c(C(=O)NN=Cc3cc(Br)cc(Br)c3OC(=O)c3ccc4c(c3)OCO4)[nH]c12. The fraction of sp³-hybridized carbons (Fsp3) is 0.0938. The van der Waals surface area contributed by atoms with Gasteiger partial charge in [0.2, 0.25) is 6.79 Å². The van der Waals surface area contributed by atoms with Crippen molar-refractivity contribution in [3.8, 4) is 39.9 Å². The van der Waals surface area contributed by atoms with Crippen molar-refractivity contribution in [3.05, 3.63) is 98.6 Å². The van der Waals surface area contributed by atoms with Crippen LogP contribution >= 0.6 is 31.9 Å². The van der Waals surface area contributed by atoms with Gasteiger partial charge in [-0.15, -0.1) is 0 Å². The van der Waals surface area contributed by atoms with Crippen LogP contribution in [0.1, 0.15) is 26.4 Å². The maximum Gasteiger partial charge on any atom is 0.343 e. The van der Waals surface area contributed by atoms with Gasteiger partial charge in [0, 0.05) is 15.6 Å². The van der Waals surface area contributed by atoms with Crippen LogP contribution in [-0.2, 0) is 0 Å². The number of hydrogen-bond donors (Lipinski definition) is 2. The van der Waals surface area contributed by atoms with Crippen LogP contribution in [0.25, 0.3) is 22.0 Å². The van der Waals surface area contributed by atoms with E-state index in [2.05, 4.69) is 47.4 Å². The van der Waals surface area contributed by atoms with Crippen molar-refractivity contribution in [1.82, 2.24) is 10.4 Å². The first-order valence-corrected chi connectivity index (χ1v) is 14.7. The number of ether oxygens (including phenoxy) is 5. The van der Waals surface area contributed by atoms with E-state index in [1.54, 1.807) is 56.7 Å². The minimum absolute atomic E-state index is 0.0882. The van der Waals surface area contributed by atoms with Gasteiger partial charge in [-0.2, -0.15) is 5.10 Å². The van der Waals surface area contributed by atoms with Crippen LogP contribution in [0.4, 0.5) is 0 Å². The zero-order valence-electron chi connectivity index (χ0n) is 23.3. The van der Waals surface area contributed by atoms with Crippen molar-refractivity contribution in [1.29, 1.82) is 0 Å². The molecule has 0 unspecified atom stereocenters. The number of hydrogen-bond acceptors (Lipinski definition) is 8. The average molecular weight is 721 g/mol. The number of carbonyl (C=O) groups excluding carboxylic acids is 2. The molecule has 12 heteroatoms. The second-order valence-corrected chi connectivity index (χ2v) is 11.2. The van der Waals surface area contributed by atoms with Gasteiger partial charge < -0.3 is 28.7 Å². The molecule has 0 bridgehead atoms. The summed E-state index contributed by atoms with van der Waals surface area (Å²) < 4.78 is 28.8. The highest BCUT2D eigenvalue weighted by molar-refractivity contribution is 9.11. The number of halogens is 2. The molecule has 0 aliphatic carbocycles. The summed E-state index contributed by atoms with van der Waals surface area (Å²) in [4.78, 5) is 29.9. The summed E-state index contributed by atoms with van der Waals surface area (Å²) in [6.07, 6.45) is 1.39. The highest BCUT2D eigenvalue weighted by Gasteiger charge is 2.24. The van der Waals surface area contributed by atoms with Crippen molar-refractivity contribution in [3.63, 3.8) is 0 Å². The molecule has 44 heavy (non-hydrogen) atoms. The van der Waals surface area contributed by atoms with Gasteiger partial charge in [-0.05, 0) is 64.0 Å². The molecule has 0 saturated carbocycles. The number of aromatic nitrogens is 1. The molecule has 2 N–H and O–H groups in total. The molecule has 10 nitrogen and oxygen atoms in total. The van der Waals surface area contributed by atoms with Gasteiger partial charge in [0.25, 0.3) is 5.91 Å². The lowest BCUT2D eigenvalue weighted by atomic mass is 10.0. The Bertz CT molecular complexity index is 1940. The van der Waals surface area contributed by atoms with Crippen LogP contribution in [0, 0.1) is 0 Å². The Kier molecular flexibility index (Phi) is 8.27. The van der Waals surface area contributed by atoms with Gasteiger partial charge in [-0.1, -0.05) is 46.3 Å². The number of carbonyl (C=O) groups is 2. The summed E-state index contributed by atoms with van der Waals surface area (Å²) in [5.41, 5.74) is 5.58. The average Bonchev–Trinajstić information content (AvgIpc) is 3.67. The first-order chi connectivity index (χ1) is 21.4. The van der Waals surface area contributed by atoms with Gasteiger partial charge in [0.1, 0.15) is 17.2 Å². The molecule has 1 aliphatic heterocycles. The zero-order chi connectivity index (χ0) is 30.8. The van der Waals surface area contributed by atoms with E-state index in [1.807, 2.05) is 30.3 Å². The monoisotopic (exact) mass is 719 g/mol. The largest absolute Gasteiger partial charge is 0.496 e. The Hall–Kier alpha value is -4.81. The summed E-state index contributed by atoms with van der Waals surface area (Å²) in [5, 5.41) is 4.90. The van der Waals surface area contributed by atoms with E-state index in [0.29, 0.717) is 54.0 Å². The molecule has 222 valence electrons. The number of H-pyrrole nitrogens is 1. The van der Waals surface area contributed by atoms with Crippen LogP contribution in [0.5, 0.6) is 28.7 Å². The third-order valence-electron chi connectivity index (χ3n) is 6.82. The highest BCUT2D eigenvalue weighted by Crippen LogP contribution is 2.42. The van der Waals surface area contributed by atoms with E-state index in [9.17, 15) is 9.59 Å². The molecule has 1 aromatic heterocycles. The third-order valence-corrected chi connectivity index (χ3v) is 7.86. The summed E-state index contributed by atoms with van der Waals surface area (Å²) >= 11 is 6.91. The quantitative estimate of drug-likeness (QED) is 0.0760. The number of hydrazone groups is 1. The smallest absolute Gasteiger partial charge is 0.343 e. The van der Waals surface area contributed by atoms with Gasteiger partial charge in [0.05, 0.1) is 41.4 Å². The van der Waals surface area contributed by atoms with Crippen molar-refractivity contribution in [2.45, 2.75) is 0 Å². The molecule has 1 amide bonds. The Morgan fingerprint density at radius 2 is 1.68 bits per heavy atom. The molecule has 4 aromatic carbocycles. The van der Waals surface area contributed by atoms with E-state index in [-0.39, 0.29) is 23.8 Å². The van der Waals surface area contributed by atoms with Gasteiger partial charge in [0.15, 0.2) is 17.2 Å². The van der Waals surface area contributed by atoms with Crippen molar-refractivity contribution >= 4 is 60.9 Å². The Balaban J connectivity index is 1.31. The van der Waals surface area contributed by atoms with Crippen LogP contribution in [0.3, 0.4) is 0 Å². The van der Waals surface area contributed by atoms with Crippen molar-refractivity contribution < 1.29 is 33.3 Å². The van der Waals surface area contributed by atoms with Crippen LogP contribution in [-0.4, -0.2) is 44.1 Å². The molecule has 0 saturated heterocycles. The van der Waals surface area contributed by atoms with Gasteiger partial charge in [-0.25, -0.2) is 10.2 Å². The molecular weight excluding hydrogens is 698 g/mol. The van der Waals surface area contributed by atoms with Crippen LogP contribution < -0.4 is 29.1 Å². The predicted molar refractivity (Wildman–Crippen MR) is 171 cm³/mol. The van der Waals surface area contributed by atoms with Crippen molar-refractivity contribution in [2.75, 3.05) is 21.0 Å². The molecule has 6 rings (SSSR count). The molecule has 1 aliphatic rings. The molecule has 0 atom stereocenters. The fourth-order valence-electron chi connectivity index (χ4n) is 4.83. The van der Waals surface area contributed by atoms with Gasteiger partial charge in [-0.3, -0.25) is 4.79 Å². The number of esters is 1. The standard InChI is InChI=1S/C32H23Br2N3O7/c1-40-23-10-11-24(41-2)28-27(23)26(17-6-4-3-5-7-17)29(36-28)31(38)37-35-15-19-12-20(33)14-21(34)30(19)44-32(39)18-8-9-22-25(13-18)43-16-42-22/h3-15,36H,16H2,1-2H3,(H,37,38).